The van der Waals surface area contributed by atoms with Crippen LogP contribution in [-0.4, -0.2) is 30.3 Å². The van der Waals surface area contributed by atoms with Crippen molar-refractivity contribution in [2.45, 2.75) is 45.8 Å². The van der Waals surface area contributed by atoms with Gasteiger partial charge in [0.05, 0.1) is 24.8 Å². The minimum atomic E-state index is -0.724. The summed E-state index contributed by atoms with van der Waals surface area (Å²) in [6, 6.07) is 2.20. The third-order valence-corrected chi connectivity index (χ3v) is 4.16. The lowest BCUT2D eigenvalue weighted by molar-refractivity contribution is -0.143. The summed E-state index contributed by atoms with van der Waals surface area (Å²) < 4.78 is 10.6. The summed E-state index contributed by atoms with van der Waals surface area (Å²) in [5.74, 6) is -0.240. The Balaban J connectivity index is 2.62. The molecule has 1 unspecified atom stereocenters. The molecule has 0 fully saturated rings. The van der Waals surface area contributed by atoms with Gasteiger partial charge in [-0.05, 0) is 44.4 Å². The number of carbonyl (C=O) groups is 2. The van der Waals surface area contributed by atoms with Crippen molar-refractivity contribution < 1.29 is 24.2 Å². The van der Waals surface area contributed by atoms with Gasteiger partial charge in [-0.1, -0.05) is 13.0 Å². The average Bonchev–Trinajstić information content (AvgIpc) is 2.62. The molecule has 0 saturated heterocycles. The Hall–Kier alpha value is -2.96. The van der Waals surface area contributed by atoms with Gasteiger partial charge >= 0.3 is 12.0 Å². The summed E-state index contributed by atoms with van der Waals surface area (Å²) in [5.41, 5.74) is 2.04. The molecule has 0 saturated carbocycles. The van der Waals surface area contributed by atoms with Crippen LogP contribution in [0.4, 0.5) is 4.79 Å². The largest absolute Gasteiger partial charge is 0.504 e. The van der Waals surface area contributed by atoms with E-state index in [1.807, 2.05) is 6.92 Å². The van der Waals surface area contributed by atoms with Gasteiger partial charge in [0.15, 0.2) is 11.5 Å². The molecule has 27 heavy (non-hydrogen) atoms. The molecule has 1 aromatic rings. The van der Waals surface area contributed by atoms with Crippen molar-refractivity contribution in [1.82, 2.24) is 10.6 Å². The molecule has 0 aromatic heterocycles. The van der Waals surface area contributed by atoms with E-state index in [1.54, 1.807) is 32.1 Å². The Labute approximate surface area is 159 Å². The van der Waals surface area contributed by atoms with Gasteiger partial charge in [-0.3, -0.25) is 0 Å². The number of aromatic hydroxyl groups is 1. The second-order valence-electron chi connectivity index (χ2n) is 6.46. The first-order chi connectivity index (χ1) is 12.8. The number of nitrogens with one attached hydrogen (secondary N) is 2. The van der Waals surface area contributed by atoms with Gasteiger partial charge in [-0.25, -0.2) is 9.59 Å². The zero-order valence-electron chi connectivity index (χ0n) is 16.1. The molecule has 1 heterocycles. The van der Waals surface area contributed by atoms with E-state index in [0.717, 1.165) is 0 Å². The molecule has 146 valence electrons. The van der Waals surface area contributed by atoms with Crippen LogP contribution in [0.2, 0.25) is 0 Å². The van der Waals surface area contributed by atoms with Crippen LogP contribution < -0.4 is 15.4 Å². The molecule has 1 aliphatic rings. The number of methoxy groups -OCH3 is 1. The fourth-order valence-corrected chi connectivity index (χ4v) is 2.99. The fraction of sp³-hybridized carbons (Fsp3) is 0.400. The highest BCUT2D eigenvalue weighted by atomic mass is 16.5. The molecular weight excluding hydrogens is 348 g/mol. The van der Waals surface area contributed by atoms with E-state index in [-0.39, 0.29) is 17.6 Å². The topological polar surface area (TPSA) is 96.9 Å². The first-order valence-electron chi connectivity index (χ1n) is 8.84. The number of ether oxygens (including phenoxy) is 2. The van der Waals surface area contributed by atoms with Crippen LogP contribution >= 0.6 is 0 Å². The van der Waals surface area contributed by atoms with E-state index in [4.69, 9.17) is 9.47 Å². The minimum absolute atomic E-state index is 0.00686. The standard InChI is InChI=1S/C20H26N2O5/c1-6-8-12-9-13(10-15(26-5)18(12)23)17-16(19(24)27-11(3)4)14(7-2)21-20(25)22-17/h6,9-11,17,23H,1,7-8H2,2-5H3,(H2,21,22,25). The summed E-state index contributed by atoms with van der Waals surface area (Å²) in [6.07, 6.45) is 2.22. The van der Waals surface area contributed by atoms with E-state index in [2.05, 4.69) is 17.2 Å². The predicted molar refractivity (Wildman–Crippen MR) is 102 cm³/mol. The third-order valence-electron chi connectivity index (χ3n) is 4.16. The number of rotatable bonds is 7. The van der Waals surface area contributed by atoms with Gasteiger partial charge in [0, 0.05) is 11.3 Å². The molecule has 2 rings (SSSR count). The predicted octanol–water partition coefficient (Wildman–Crippen LogP) is 3.10. The number of phenols is 1. The van der Waals surface area contributed by atoms with Crippen molar-refractivity contribution >= 4 is 12.0 Å². The molecule has 0 radical (unpaired) electrons. The first kappa shape index (κ1) is 20.4. The van der Waals surface area contributed by atoms with E-state index < -0.39 is 18.0 Å². The van der Waals surface area contributed by atoms with Gasteiger partial charge < -0.3 is 25.2 Å². The molecule has 7 nitrogen and oxygen atoms in total. The maximum atomic E-state index is 12.7. The molecule has 0 aliphatic carbocycles. The third kappa shape index (κ3) is 4.42. The molecule has 2 amide bonds. The minimum Gasteiger partial charge on any atom is -0.504 e. The zero-order chi connectivity index (χ0) is 20.1. The summed E-state index contributed by atoms with van der Waals surface area (Å²) in [5, 5.41) is 15.8. The van der Waals surface area contributed by atoms with E-state index in [9.17, 15) is 14.7 Å². The molecule has 1 aliphatic heterocycles. The Morgan fingerprint density at radius 2 is 2.11 bits per heavy atom. The van der Waals surface area contributed by atoms with Crippen LogP contribution in [0.15, 0.2) is 36.1 Å². The van der Waals surface area contributed by atoms with Crippen molar-refractivity contribution in [3.63, 3.8) is 0 Å². The van der Waals surface area contributed by atoms with Crippen molar-refractivity contribution in [3.8, 4) is 11.5 Å². The Bertz CT molecular complexity index is 783. The molecule has 0 bridgehead atoms. The number of hydrogen-bond acceptors (Lipinski definition) is 5. The summed E-state index contributed by atoms with van der Waals surface area (Å²) >= 11 is 0. The van der Waals surface area contributed by atoms with E-state index >= 15 is 0 Å². The summed E-state index contributed by atoms with van der Waals surface area (Å²) in [4.78, 5) is 24.9. The number of amides is 2. The van der Waals surface area contributed by atoms with Crippen molar-refractivity contribution in [2.24, 2.45) is 0 Å². The maximum absolute atomic E-state index is 12.7. The van der Waals surface area contributed by atoms with Crippen molar-refractivity contribution in [3.05, 3.63) is 47.2 Å². The normalized spacial score (nSPS) is 16.6. The maximum Gasteiger partial charge on any atom is 0.338 e. The highest BCUT2D eigenvalue weighted by Crippen LogP contribution is 2.37. The molecule has 1 atom stereocenters. The Morgan fingerprint density at radius 3 is 2.67 bits per heavy atom. The number of esters is 1. The van der Waals surface area contributed by atoms with Gasteiger partial charge in [-0.2, -0.15) is 0 Å². The number of urea groups is 1. The van der Waals surface area contributed by atoms with Gasteiger partial charge in [0.25, 0.3) is 0 Å². The summed E-state index contributed by atoms with van der Waals surface area (Å²) in [6.45, 7) is 9.07. The fourth-order valence-electron chi connectivity index (χ4n) is 2.99. The van der Waals surface area contributed by atoms with Gasteiger partial charge in [0.2, 0.25) is 0 Å². The molecule has 3 N–H and O–H groups in total. The van der Waals surface area contributed by atoms with Crippen molar-refractivity contribution in [1.29, 1.82) is 0 Å². The lowest BCUT2D eigenvalue weighted by Gasteiger charge is -2.30. The highest BCUT2D eigenvalue weighted by Gasteiger charge is 2.34. The number of phenolic OH excluding ortho intramolecular Hbond substituents is 1. The number of hydrogen-bond donors (Lipinski definition) is 3. The van der Waals surface area contributed by atoms with Gasteiger partial charge in [0.1, 0.15) is 0 Å². The number of allylic oxidation sites excluding steroid dienone is 2. The monoisotopic (exact) mass is 374 g/mol. The second kappa shape index (κ2) is 8.62. The van der Waals surface area contributed by atoms with Crippen LogP contribution in [0.25, 0.3) is 0 Å². The second-order valence-corrected chi connectivity index (χ2v) is 6.46. The first-order valence-corrected chi connectivity index (χ1v) is 8.84. The van der Waals surface area contributed by atoms with Crippen LogP contribution in [0.3, 0.4) is 0 Å². The van der Waals surface area contributed by atoms with Crippen LogP contribution in [0, 0.1) is 0 Å². The summed E-state index contributed by atoms with van der Waals surface area (Å²) in [7, 11) is 1.44. The van der Waals surface area contributed by atoms with Crippen LogP contribution in [0.1, 0.15) is 44.4 Å². The Morgan fingerprint density at radius 1 is 1.41 bits per heavy atom. The Kier molecular flexibility index (Phi) is 6.50. The van der Waals surface area contributed by atoms with E-state index in [0.29, 0.717) is 35.2 Å². The molecule has 0 spiro atoms. The molecular formula is C20H26N2O5. The van der Waals surface area contributed by atoms with Crippen molar-refractivity contribution in [2.75, 3.05) is 7.11 Å². The number of carbonyl (C=O) groups excluding carboxylic acids is 2. The highest BCUT2D eigenvalue weighted by molar-refractivity contribution is 5.95. The lowest BCUT2D eigenvalue weighted by atomic mass is 9.92. The van der Waals surface area contributed by atoms with Crippen LogP contribution in [0.5, 0.6) is 11.5 Å². The van der Waals surface area contributed by atoms with Gasteiger partial charge in [-0.15, -0.1) is 6.58 Å². The zero-order valence-corrected chi connectivity index (χ0v) is 16.1. The van der Waals surface area contributed by atoms with E-state index in [1.165, 1.54) is 7.11 Å². The molecule has 1 aromatic carbocycles. The lowest BCUT2D eigenvalue weighted by Crippen LogP contribution is -2.46. The number of benzene rings is 1. The average molecular weight is 374 g/mol. The molecule has 7 heteroatoms. The van der Waals surface area contributed by atoms with Crippen LogP contribution in [-0.2, 0) is 16.0 Å². The smallest absolute Gasteiger partial charge is 0.338 e. The quantitative estimate of drug-likeness (QED) is 0.503. The SMILES string of the molecule is C=CCc1cc(C2NC(=O)NC(CC)=C2C(=O)OC(C)C)cc(OC)c1O.